The van der Waals surface area contributed by atoms with Crippen LogP contribution in [-0.2, 0) is 21.8 Å². The normalized spacial score (nSPS) is 20.5. The monoisotopic (exact) mass is 330 g/mol. The van der Waals surface area contributed by atoms with Gasteiger partial charge in [0.1, 0.15) is 4.90 Å². The summed E-state index contributed by atoms with van der Waals surface area (Å²) in [5.74, 6) is 0. The number of hydrogen-bond acceptors (Lipinski definition) is 5. The molecule has 0 saturated carbocycles. The SMILES string of the molecule is COCCN1CCCC(NS(=O)(=O)c2c(C)nn(C)c2C)C1. The van der Waals surface area contributed by atoms with Gasteiger partial charge in [0, 0.05) is 33.3 Å². The lowest BCUT2D eigenvalue weighted by molar-refractivity contribution is 0.126. The van der Waals surface area contributed by atoms with E-state index in [1.165, 1.54) is 0 Å². The summed E-state index contributed by atoms with van der Waals surface area (Å²) in [5, 5.41) is 4.20. The minimum Gasteiger partial charge on any atom is -0.383 e. The molecular formula is C14H26N4O3S. The predicted octanol–water partition coefficient (Wildman–Crippen LogP) is 0.426. The zero-order valence-electron chi connectivity index (χ0n) is 13.8. The van der Waals surface area contributed by atoms with Crippen LogP contribution in [0.5, 0.6) is 0 Å². The number of sulfonamides is 1. The Labute approximate surface area is 132 Å². The van der Waals surface area contributed by atoms with Gasteiger partial charge in [-0.15, -0.1) is 0 Å². The Morgan fingerprint density at radius 2 is 2.14 bits per heavy atom. The van der Waals surface area contributed by atoms with E-state index in [9.17, 15) is 8.42 Å². The van der Waals surface area contributed by atoms with Crippen molar-refractivity contribution in [1.82, 2.24) is 19.4 Å². The third-order valence-electron chi connectivity index (χ3n) is 4.15. The first kappa shape index (κ1) is 17.4. The van der Waals surface area contributed by atoms with Crippen LogP contribution in [-0.4, -0.2) is 62.5 Å². The smallest absolute Gasteiger partial charge is 0.244 e. The molecule has 0 radical (unpaired) electrons. The molecule has 1 aromatic rings. The molecule has 1 aliphatic rings. The summed E-state index contributed by atoms with van der Waals surface area (Å²) in [6.07, 6.45) is 1.85. The first-order valence-electron chi connectivity index (χ1n) is 7.59. The molecule has 2 rings (SSSR count). The van der Waals surface area contributed by atoms with Crippen LogP contribution >= 0.6 is 0 Å². The van der Waals surface area contributed by atoms with Crippen LogP contribution in [0.4, 0.5) is 0 Å². The van der Waals surface area contributed by atoms with Gasteiger partial charge in [-0.25, -0.2) is 13.1 Å². The molecule has 0 aliphatic carbocycles. The minimum atomic E-state index is -3.54. The maximum Gasteiger partial charge on any atom is 0.244 e. The average molecular weight is 330 g/mol. The molecule has 8 heteroatoms. The summed E-state index contributed by atoms with van der Waals surface area (Å²) in [7, 11) is -0.0986. The van der Waals surface area contributed by atoms with Gasteiger partial charge in [-0.05, 0) is 33.2 Å². The Morgan fingerprint density at radius 1 is 1.41 bits per heavy atom. The standard InChI is InChI=1S/C14H26N4O3S/c1-11-14(12(2)17(3)15-11)22(19,20)16-13-6-5-7-18(10-13)8-9-21-4/h13,16H,5-10H2,1-4H3. The van der Waals surface area contributed by atoms with Crippen LogP contribution < -0.4 is 4.72 Å². The highest BCUT2D eigenvalue weighted by Crippen LogP contribution is 2.20. The van der Waals surface area contributed by atoms with Crippen molar-refractivity contribution < 1.29 is 13.2 Å². The molecule has 126 valence electrons. The molecule has 22 heavy (non-hydrogen) atoms. The van der Waals surface area contributed by atoms with E-state index < -0.39 is 10.0 Å². The fraction of sp³-hybridized carbons (Fsp3) is 0.786. The maximum atomic E-state index is 12.7. The number of rotatable bonds is 6. The second-order valence-corrected chi connectivity index (χ2v) is 7.53. The van der Waals surface area contributed by atoms with E-state index in [1.54, 1.807) is 32.7 Å². The highest BCUT2D eigenvalue weighted by molar-refractivity contribution is 7.89. The number of nitrogens with one attached hydrogen (secondary N) is 1. The van der Waals surface area contributed by atoms with Crippen LogP contribution in [0.2, 0.25) is 0 Å². The van der Waals surface area contributed by atoms with Crippen LogP contribution in [0.25, 0.3) is 0 Å². The number of aromatic nitrogens is 2. The molecule has 2 heterocycles. The molecule has 1 N–H and O–H groups in total. The molecule has 1 saturated heterocycles. The number of aryl methyl sites for hydroxylation is 2. The lowest BCUT2D eigenvalue weighted by Crippen LogP contribution is -2.48. The summed E-state index contributed by atoms with van der Waals surface area (Å²) in [6.45, 7) is 6.72. The Morgan fingerprint density at radius 3 is 2.73 bits per heavy atom. The van der Waals surface area contributed by atoms with Crippen molar-refractivity contribution in [3.8, 4) is 0 Å². The van der Waals surface area contributed by atoms with E-state index >= 15 is 0 Å². The van der Waals surface area contributed by atoms with Gasteiger partial charge in [0.15, 0.2) is 0 Å². The topological polar surface area (TPSA) is 76.5 Å². The quantitative estimate of drug-likeness (QED) is 0.818. The average Bonchev–Trinajstić information content (AvgIpc) is 2.70. The summed E-state index contributed by atoms with van der Waals surface area (Å²) >= 11 is 0. The highest BCUT2D eigenvalue weighted by atomic mass is 32.2. The number of ether oxygens (including phenoxy) is 1. The zero-order valence-corrected chi connectivity index (χ0v) is 14.6. The minimum absolute atomic E-state index is 0.0605. The molecule has 7 nitrogen and oxygen atoms in total. The van der Waals surface area contributed by atoms with Crippen molar-refractivity contribution in [2.75, 3.05) is 33.4 Å². The van der Waals surface area contributed by atoms with E-state index in [0.717, 1.165) is 32.5 Å². The largest absolute Gasteiger partial charge is 0.383 e. The van der Waals surface area contributed by atoms with Crippen molar-refractivity contribution in [3.63, 3.8) is 0 Å². The van der Waals surface area contributed by atoms with Gasteiger partial charge >= 0.3 is 0 Å². The Balaban J connectivity index is 2.08. The second-order valence-electron chi connectivity index (χ2n) is 5.88. The van der Waals surface area contributed by atoms with Gasteiger partial charge < -0.3 is 4.74 Å². The van der Waals surface area contributed by atoms with E-state index in [2.05, 4.69) is 14.7 Å². The van der Waals surface area contributed by atoms with Crippen LogP contribution in [0, 0.1) is 13.8 Å². The lowest BCUT2D eigenvalue weighted by Gasteiger charge is -2.32. The number of hydrogen-bond donors (Lipinski definition) is 1. The Hall–Kier alpha value is -0.960. The van der Waals surface area contributed by atoms with Gasteiger partial charge in [0.2, 0.25) is 10.0 Å². The van der Waals surface area contributed by atoms with Crippen molar-refractivity contribution in [2.24, 2.45) is 7.05 Å². The number of piperidine rings is 1. The van der Waals surface area contributed by atoms with Gasteiger partial charge in [-0.3, -0.25) is 9.58 Å². The van der Waals surface area contributed by atoms with E-state index in [0.29, 0.717) is 22.9 Å². The highest BCUT2D eigenvalue weighted by Gasteiger charge is 2.29. The molecule has 1 atom stereocenters. The number of nitrogens with zero attached hydrogens (tertiary/aromatic N) is 3. The number of likely N-dealkylation sites (tertiary alicyclic amines) is 1. The molecule has 1 aromatic heterocycles. The van der Waals surface area contributed by atoms with Crippen molar-refractivity contribution >= 4 is 10.0 Å². The predicted molar refractivity (Wildman–Crippen MR) is 84.3 cm³/mol. The molecule has 1 fully saturated rings. The molecule has 0 aromatic carbocycles. The van der Waals surface area contributed by atoms with Crippen LogP contribution in [0.3, 0.4) is 0 Å². The van der Waals surface area contributed by atoms with Crippen molar-refractivity contribution in [2.45, 2.75) is 37.6 Å². The van der Waals surface area contributed by atoms with Crippen LogP contribution in [0.1, 0.15) is 24.2 Å². The fourth-order valence-electron chi connectivity index (χ4n) is 3.00. The van der Waals surface area contributed by atoms with E-state index in [-0.39, 0.29) is 6.04 Å². The third-order valence-corrected chi connectivity index (χ3v) is 5.92. The molecule has 0 amide bonds. The fourth-order valence-corrected chi connectivity index (χ4v) is 4.70. The molecule has 1 unspecified atom stereocenters. The first-order chi connectivity index (χ1) is 10.3. The first-order valence-corrected chi connectivity index (χ1v) is 9.07. The van der Waals surface area contributed by atoms with Crippen molar-refractivity contribution in [3.05, 3.63) is 11.4 Å². The summed E-state index contributed by atoms with van der Waals surface area (Å²) in [5.41, 5.74) is 1.21. The summed E-state index contributed by atoms with van der Waals surface area (Å²) in [4.78, 5) is 2.55. The van der Waals surface area contributed by atoms with Gasteiger partial charge in [0.25, 0.3) is 0 Å². The second kappa shape index (κ2) is 7.08. The van der Waals surface area contributed by atoms with Crippen molar-refractivity contribution in [1.29, 1.82) is 0 Å². The molecular weight excluding hydrogens is 304 g/mol. The maximum absolute atomic E-state index is 12.7. The Bertz CT molecular complexity index is 612. The van der Waals surface area contributed by atoms with Crippen LogP contribution in [0.15, 0.2) is 4.90 Å². The van der Waals surface area contributed by atoms with Gasteiger partial charge in [-0.2, -0.15) is 5.10 Å². The van der Waals surface area contributed by atoms with Gasteiger partial charge in [-0.1, -0.05) is 0 Å². The molecule has 1 aliphatic heterocycles. The number of methoxy groups -OCH3 is 1. The molecule has 0 spiro atoms. The summed E-state index contributed by atoms with van der Waals surface area (Å²) < 4.78 is 34.9. The lowest BCUT2D eigenvalue weighted by atomic mass is 10.1. The van der Waals surface area contributed by atoms with E-state index in [1.807, 2.05) is 0 Å². The third kappa shape index (κ3) is 3.87. The van der Waals surface area contributed by atoms with E-state index in [4.69, 9.17) is 4.74 Å². The van der Waals surface area contributed by atoms with Gasteiger partial charge in [0.05, 0.1) is 18.0 Å². The molecule has 0 bridgehead atoms. The zero-order chi connectivity index (χ0) is 16.3. The summed E-state index contributed by atoms with van der Waals surface area (Å²) in [6, 6.07) is -0.0605. The Kier molecular flexibility index (Phi) is 5.60.